The Morgan fingerprint density at radius 1 is 1.19 bits per heavy atom. The third-order valence-electron chi connectivity index (χ3n) is 5.06. The van der Waals surface area contributed by atoms with Gasteiger partial charge in [-0.2, -0.15) is 0 Å². The topological polar surface area (TPSA) is 80.2 Å². The molecular weight excluding hydrogens is 342 g/mol. The highest BCUT2D eigenvalue weighted by Crippen LogP contribution is 2.29. The number of anilines is 1. The summed E-state index contributed by atoms with van der Waals surface area (Å²) in [6, 6.07) is 5.63. The van der Waals surface area contributed by atoms with Crippen molar-refractivity contribution in [3.05, 3.63) is 42.4 Å². The number of hydrogen-bond donors (Lipinski definition) is 1. The van der Waals surface area contributed by atoms with Crippen LogP contribution in [0.4, 0.5) is 5.95 Å². The number of carbonyl (C=O) groups is 1. The number of nitrogens with zero attached hydrogens (tertiary/aromatic N) is 4. The fourth-order valence-corrected chi connectivity index (χ4v) is 3.25. The van der Waals surface area contributed by atoms with Crippen LogP contribution in [0.25, 0.3) is 0 Å². The Balaban J connectivity index is 1.25. The van der Waals surface area contributed by atoms with Crippen molar-refractivity contribution in [2.75, 3.05) is 24.6 Å². The Bertz CT molecular complexity index is 749. The van der Waals surface area contributed by atoms with Gasteiger partial charge in [-0.05, 0) is 43.2 Å². The van der Waals surface area contributed by atoms with Crippen molar-refractivity contribution >= 4 is 11.9 Å². The Morgan fingerprint density at radius 2 is 2.04 bits per heavy atom. The number of nitrogens with one attached hydrogen (secondary N) is 1. The zero-order chi connectivity index (χ0) is 18.5. The van der Waals surface area contributed by atoms with Crippen molar-refractivity contribution in [1.82, 2.24) is 20.3 Å². The van der Waals surface area contributed by atoms with E-state index in [4.69, 9.17) is 4.74 Å². The molecule has 7 nitrogen and oxygen atoms in total. The molecule has 1 aliphatic carbocycles. The minimum absolute atomic E-state index is 0.0448. The first-order chi connectivity index (χ1) is 13.3. The van der Waals surface area contributed by atoms with Crippen LogP contribution >= 0.6 is 0 Å². The summed E-state index contributed by atoms with van der Waals surface area (Å²) in [5.41, 5.74) is 0.973. The molecule has 1 saturated carbocycles. The first-order valence-electron chi connectivity index (χ1n) is 9.65. The standard InChI is InChI=1S/C20H25N5O2/c26-19(17-3-1-10-25(13-17)20-21-8-2-9-22-20)24-12-16-6-7-18(23-11-16)27-14-15-4-5-15/h2,6-9,11,15,17H,1,3-5,10,12-14H2,(H,24,26)/t17-/m1/s1. The van der Waals surface area contributed by atoms with Crippen LogP contribution < -0.4 is 15.0 Å². The third kappa shape index (κ3) is 4.93. The van der Waals surface area contributed by atoms with Gasteiger partial charge in [-0.15, -0.1) is 0 Å². The van der Waals surface area contributed by atoms with Gasteiger partial charge in [0.1, 0.15) is 0 Å². The van der Waals surface area contributed by atoms with Gasteiger partial charge in [-0.1, -0.05) is 6.07 Å². The Kier molecular flexibility index (Phi) is 5.46. The first kappa shape index (κ1) is 17.7. The predicted octanol–water partition coefficient (Wildman–Crippen LogP) is 2.19. The Labute approximate surface area is 159 Å². The lowest BCUT2D eigenvalue weighted by Crippen LogP contribution is -2.43. The highest BCUT2D eigenvalue weighted by atomic mass is 16.5. The highest BCUT2D eigenvalue weighted by molar-refractivity contribution is 5.79. The fraction of sp³-hybridized carbons (Fsp3) is 0.500. The number of hydrogen-bond acceptors (Lipinski definition) is 6. The van der Waals surface area contributed by atoms with Crippen molar-refractivity contribution in [2.45, 2.75) is 32.2 Å². The molecule has 0 spiro atoms. The summed E-state index contributed by atoms with van der Waals surface area (Å²) in [4.78, 5) is 27.6. The molecule has 3 heterocycles. The molecule has 4 rings (SSSR count). The van der Waals surface area contributed by atoms with E-state index in [1.165, 1.54) is 12.8 Å². The van der Waals surface area contributed by atoms with E-state index in [1.807, 2.05) is 12.1 Å². The van der Waals surface area contributed by atoms with Gasteiger partial charge in [0.15, 0.2) is 0 Å². The molecule has 0 aromatic carbocycles. The predicted molar refractivity (Wildman–Crippen MR) is 101 cm³/mol. The van der Waals surface area contributed by atoms with Crippen LogP contribution in [-0.4, -0.2) is 40.6 Å². The molecule has 142 valence electrons. The van der Waals surface area contributed by atoms with Gasteiger partial charge in [-0.25, -0.2) is 15.0 Å². The van der Waals surface area contributed by atoms with E-state index in [0.717, 1.165) is 31.6 Å². The molecule has 0 unspecified atom stereocenters. The lowest BCUT2D eigenvalue weighted by atomic mass is 9.97. The van der Waals surface area contributed by atoms with Gasteiger partial charge in [0.05, 0.1) is 12.5 Å². The number of pyridine rings is 1. The van der Waals surface area contributed by atoms with Crippen molar-refractivity contribution in [2.24, 2.45) is 11.8 Å². The number of ether oxygens (including phenoxy) is 1. The van der Waals surface area contributed by atoms with Gasteiger partial charge in [0, 0.05) is 44.3 Å². The molecule has 2 aromatic heterocycles. The molecule has 1 amide bonds. The summed E-state index contributed by atoms with van der Waals surface area (Å²) in [6.45, 7) is 2.78. The molecule has 0 bridgehead atoms. The van der Waals surface area contributed by atoms with Crippen molar-refractivity contribution < 1.29 is 9.53 Å². The van der Waals surface area contributed by atoms with Crippen LogP contribution in [0.1, 0.15) is 31.2 Å². The van der Waals surface area contributed by atoms with Crippen LogP contribution in [0.15, 0.2) is 36.8 Å². The van der Waals surface area contributed by atoms with Gasteiger partial charge < -0.3 is 15.0 Å². The number of piperidine rings is 1. The summed E-state index contributed by atoms with van der Waals surface area (Å²) in [5, 5.41) is 3.03. The van der Waals surface area contributed by atoms with Crippen LogP contribution in [-0.2, 0) is 11.3 Å². The zero-order valence-electron chi connectivity index (χ0n) is 15.4. The minimum Gasteiger partial charge on any atom is -0.477 e. The lowest BCUT2D eigenvalue weighted by molar-refractivity contribution is -0.125. The molecule has 27 heavy (non-hydrogen) atoms. The van der Waals surface area contributed by atoms with Crippen LogP contribution in [0.2, 0.25) is 0 Å². The molecule has 1 saturated heterocycles. The van der Waals surface area contributed by atoms with E-state index >= 15 is 0 Å². The summed E-state index contributed by atoms with van der Waals surface area (Å²) in [6.07, 6.45) is 9.62. The third-order valence-corrected chi connectivity index (χ3v) is 5.06. The van der Waals surface area contributed by atoms with E-state index in [9.17, 15) is 4.79 Å². The van der Waals surface area contributed by atoms with Gasteiger partial charge in [0.2, 0.25) is 17.7 Å². The van der Waals surface area contributed by atoms with Gasteiger partial charge in [0.25, 0.3) is 0 Å². The van der Waals surface area contributed by atoms with E-state index in [2.05, 4.69) is 25.2 Å². The van der Waals surface area contributed by atoms with Gasteiger partial charge >= 0.3 is 0 Å². The summed E-state index contributed by atoms with van der Waals surface area (Å²) in [7, 11) is 0. The molecule has 0 radical (unpaired) electrons. The van der Waals surface area contributed by atoms with Crippen molar-refractivity contribution in [3.63, 3.8) is 0 Å². The lowest BCUT2D eigenvalue weighted by Gasteiger charge is -2.31. The molecule has 2 aromatic rings. The highest BCUT2D eigenvalue weighted by Gasteiger charge is 2.27. The largest absolute Gasteiger partial charge is 0.477 e. The first-order valence-corrected chi connectivity index (χ1v) is 9.65. The average Bonchev–Trinajstić information content (AvgIpc) is 3.56. The Morgan fingerprint density at radius 3 is 2.78 bits per heavy atom. The summed E-state index contributed by atoms with van der Waals surface area (Å²) >= 11 is 0. The molecule has 2 aliphatic rings. The molecule has 2 fully saturated rings. The van der Waals surface area contributed by atoms with Gasteiger partial charge in [-0.3, -0.25) is 4.79 Å². The molecule has 1 N–H and O–H groups in total. The fourth-order valence-electron chi connectivity index (χ4n) is 3.25. The average molecular weight is 367 g/mol. The van der Waals surface area contributed by atoms with E-state index in [1.54, 1.807) is 24.7 Å². The maximum Gasteiger partial charge on any atom is 0.225 e. The van der Waals surface area contributed by atoms with Crippen LogP contribution in [0.3, 0.4) is 0 Å². The van der Waals surface area contributed by atoms with Crippen LogP contribution in [0.5, 0.6) is 5.88 Å². The summed E-state index contributed by atoms with van der Waals surface area (Å²) in [5.74, 6) is 2.09. The van der Waals surface area contributed by atoms with Crippen LogP contribution in [0, 0.1) is 11.8 Å². The van der Waals surface area contributed by atoms with E-state index < -0.39 is 0 Å². The zero-order valence-corrected chi connectivity index (χ0v) is 15.4. The SMILES string of the molecule is O=C(NCc1ccc(OCC2CC2)nc1)[C@@H]1CCCN(c2ncccn2)C1. The number of amides is 1. The van der Waals surface area contributed by atoms with E-state index in [-0.39, 0.29) is 11.8 Å². The molecule has 1 aliphatic heterocycles. The minimum atomic E-state index is -0.0448. The second-order valence-corrected chi connectivity index (χ2v) is 7.31. The second kappa shape index (κ2) is 8.33. The molecule has 1 atom stereocenters. The monoisotopic (exact) mass is 367 g/mol. The second-order valence-electron chi connectivity index (χ2n) is 7.31. The summed E-state index contributed by atoms with van der Waals surface area (Å²) < 4.78 is 5.64. The maximum atomic E-state index is 12.6. The number of rotatable bonds is 7. The maximum absolute atomic E-state index is 12.6. The molecule has 7 heteroatoms. The van der Waals surface area contributed by atoms with Crippen molar-refractivity contribution in [1.29, 1.82) is 0 Å². The quantitative estimate of drug-likeness (QED) is 0.808. The number of aromatic nitrogens is 3. The Hall–Kier alpha value is -2.70. The normalized spacial score (nSPS) is 19.6. The number of carbonyl (C=O) groups excluding carboxylic acids is 1. The molecular formula is C20H25N5O2. The van der Waals surface area contributed by atoms with Crippen molar-refractivity contribution in [3.8, 4) is 5.88 Å². The smallest absolute Gasteiger partial charge is 0.225 e. The van der Waals surface area contributed by atoms with E-state index in [0.29, 0.717) is 30.8 Å².